The predicted octanol–water partition coefficient (Wildman–Crippen LogP) is 3.26. The van der Waals surface area contributed by atoms with Crippen LogP contribution in [0.25, 0.3) is 11.0 Å². The zero-order valence-electron chi connectivity index (χ0n) is 14.7. The van der Waals surface area contributed by atoms with E-state index in [0.29, 0.717) is 11.3 Å². The maximum absolute atomic E-state index is 11.9. The first kappa shape index (κ1) is 19.8. The Morgan fingerprint density at radius 3 is 2.64 bits per heavy atom. The van der Waals surface area contributed by atoms with Crippen LogP contribution in [0.3, 0.4) is 0 Å². The molecule has 0 atom stereocenters. The molecule has 0 aliphatic heterocycles. The highest BCUT2D eigenvalue weighted by Crippen LogP contribution is 2.22. The second-order valence-electron chi connectivity index (χ2n) is 5.83. The maximum Gasteiger partial charge on any atom is 0.336 e. The molecule has 0 saturated heterocycles. The highest BCUT2D eigenvalue weighted by molar-refractivity contribution is 9.10. The van der Waals surface area contributed by atoms with E-state index in [9.17, 15) is 9.59 Å². The van der Waals surface area contributed by atoms with E-state index in [-0.39, 0.29) is 11.7 Å². The number of aryl methyl sites for hydroxylation is 1. The number of carbonyl (C=O) groups excluding carboxylic acids is 1. The molecule has 3 aromatic rings. The molecular weight excluding hydrogens is 446 g/mol. The molecule has 0 radical (unpaired) electrons. The fraction of sp³-hybridized carbons (Fsp3) is 0.105. The first-order chi connectivity index (χ1) is 13.4. The van der Waals surface area contributed by atoms with E-state index in [2.05, 4.69) is 32.1 Å². The highest BCUT2D eigenvalue weighted by atomic mass is 79.9. The van der Waals surface area contributed by atoms with E-state index in [0.717, 1.165) is 21.1 Å². The Balaban J connectivity index is 1.50. The Kier molecular flexibility index (Phi) is 6.27. The summed E-state index contributed by atoms with van der Waals surface area (Å²) in [4.78, 5) is 23.4. The van der Waals surface area contributed by atoms with Crippen LogP contribution in [-0.4, -0.2) is 17.6 Å². The van der Waals surface area contributed by atoms with Crippen LogP contribution in [-0.2, 0) is 4.79 Å². The quantitative estimate of drug-likeness (QED) is 0.312. The van der Waals surface area contributed by atoms with Gasteiger partial charge in [-0.15, -0.1) is 0 Å². The van der Waals surface area contributed by atoms with Crippen LogP contribution < -0.4 is 26.5 Å². The number of halogens is 1. The summed E-state index contributed by atoms with van der Waals surface area (Å²) in [6.45, 7) is 1.58. The number of anilines is 1. The zero-order chi connectivity index (χ0) is 20.1. The highest BCUT2D eigenvalue weighted by Gasteiger charge is 2.07. The van der Waals surface area contributed by atoms with Crippen molar-refractivity contribution in [3.8, 4) is 5.75 Å². The summed E-state index contributed by atoms with van der Waals surface area (Å²) < 4.78 is 11.5. The number of hydrazine groups is 1. The number of carbonyl (C=O) groups is 1. The molecule has 0 saturated carbocycles. The van der Waals surface area contributed by atoms with Gasteiger partial charge in [0, 0.05) is 27.7 Å². The number of hydrogen-bond acceptors (Lipinski definition) is 5. The van der Waals surface area contributed by atoms with E-state index >= 15 is 0 Å². The average molecular weight is 462 g/mol. The van der Waals surface area contributed by atoms with Crippen molar-refractivity contribution < 1.29 is 13.9 Å². The van der Waals surface area contributed by atoms with Gasteiger partial charge in [0.15, 0.2) is 11.7 Å². The van der Waals surface area contributed by atoms with E-state index in [1.165, 1.54) is 6.07 Å². The number of hydrogen-bond donors (Lipinski definition) is 3. The van der Waals surface area contributed by atoms with Crippen molar-refractivity contribution in [2.45, 2.75) is 6.92 Å². The SMILES string of the molecule is Cc1cc(=O)oc2cc(OCC(=O)NNC(=S)Nc3ccc(Br)cc3)ccc12. The van der Waals surface area contributed by atoms with E-state index in [1.807, 2.05) is 31.2 Å². The Labute approximate surface area is 174 Å². The third kappa shape index (κ3) is 5.30. The monoisotopic (exact) mass is 461 g/mol. The van der Waals surface area contributed by atoms with Crippen molar-refractivity contribution in [2.75, 3.05) is 11.9 Å². The van der Waals surface area contributed by atoms with Gasteiger partial charge in [0.2, 0.25) is 0 Å². The largest absolute Gasteiger partial charge is 0.484 e. The lowest BCUT2D eigenvalue weighted by atomic mass is 10.1. The van der Waals surface area contributed by atoms with Crippen molar-refractivity contribution in [3.63, 3.8) is 0 Å². The lowest BCUT2D eigenvalue weighted by Crippen LogP contribution is -2.45. The molecule has 2 aromatic carbocycles. The van der Waals surface area contributed by atoms with E-state index in [4.69, 9.17) is 21.4 Å². The zero-order valence-corrected chi connectivity index (χ0v) is 17.1. The van der Waals surface area contributed by atoms with Crippen LogP contribution in [0.2, 0.25) is 0 Å². The molecule has 1 aromatic heterocycles. The van der Waals surface area contributed by atoms with Gasteiger partial charge in [0.25, 0.3) is 5.91 Å². The first-order valence-corrected chi connectivity index (χ1v) is 9.39. The molecule has 0 bridgehead atoms. The maximum atomic E-state index is 11.9. The molecule has 0 unspecified atom stereocenters. The van der Waals surface area contributed by atoms with Gasteiger partial charge < -0.3 is 14.5 Å². The van der Waals surface area contributed by atoms with Gasteiger partial charge in [-0.2, -0.15) is 0 Å². The number of ether oxygens (including phenoxy) is 1. The third-order valence-corrected chi connectivity index (χ3v) is 4.44. The minimum atomic E-state index is -0.434. The van der Waals surface area contributed by atoms with Crippen LogP contribution in [0.15, 0.2) is 62.2 Å². The molecule has 144 valence electrons. The summed E-state index contributed by atoms with van der Waals surface area (Å²) in [5.74, 6) is -0.0160. The van der Waals surface area contributed by atoms with Crippen LogP contribution in [0.1, 0.15) is 5.56 Å². The number of fused-ring (bicyclic) bond motifs is 1. The molecule has 3 rings (SSSR count). The topological polar surface area (TPSA) is 92.6 Å². The van der Waals surface area contributed by atoms with Crippen LogP contribution in [0, 0.1) is 6.92 Å². The smallest absolute Gasteiger partial charge is 0.336 e. The Bertz CT molecular complexity index is 1080. The summed E-state index contributed by atoms with van der Waals surface area (Å²) >= 11 is 8.46. The third-order valence-electron chi connectivity index (χ3n) is 3.71. The number of nitrogens with one attached hydrogen (secondary N) is 3. The number of benzene rings is 2. The molecule has 7 nitrogen and oxygen atoms in total. The van der Waals surface area contributed by atoms with Gasteiger partial charge in [-0.05, 0) is 61.1 Å². The molecule has 0 spiro atoms. The van der Waals surface area contributed by atoms with Crippen molar-refractivity contribution in [2.24, 2.45) is 0 Å². The molecule has 0 aliphatic rings. The molecule has 0 aliphatic carbocycles. The van der Waals surface area contributed by atoms with Gasteiger partial charge >= 0.3 is 5.63 Å². The molecule has 1 amide bonds. The van der Waals surface area contributed by atoms with Gasteiger partial charge in [0.1, 0.15) is 11.3 Å². The molecule has 9 heteroatoms. The molecule has 0 fully saturated rings. The Morgan fingerprint density at radius 2 is 1.89 bits per heavy atom. The first-order valence-electron chi connectivity index (χ1n) is 8.19. The molecular formula is C19H16BrN3O4S. The van der Waals surface area contributed by atoms with Gasteiger partial charge in [-0.3, -0.25) is 15.6 Å². The summed E-state index contributed by atoms with van der Waals surface area (Å²) in [6.07, 6.45) is 0. The normalized spacial score (nSPS) is 10.4. The van der Waals surface area contributed by atoms with Crippen LogP contribution in [0.5, 0.6) is 5.75 Å². The van der Waals surface area contributed by atoms with Crippen LogP contribution in [0.4, 0.5) is 5.69 Å². The van der Waals surface area contributed by atoms with Gasteiger partial charge in [-0.25, -0.2) is 4.79 Å². The van der Waals surface area contributed by atoms with E-state index < -0.39 is 11.5 Å². The van der Waals surface area contributed by atoms with E-state index in [1.54, 1.807) is 18.2 Å². The summed E-state index contributed by atoms with van der Waals surface area (Å²) in [5.41, 5.74) is 6.59. The lowest BCUT2D eigenvalue weighted by Gasteiger charge is -2.12. The standard InChI is InChI=1S/C19H16BrN3O4S/c1-11-8-18(25)27-16-9-14(6-7-15(11)16)26-10-17(24)22-23-19(28)21-13-4-2-12(20)3-5-13/h2-9H,10H2,1H3,(H,22,24)(H2,21,23,28). The average Bonchev–Trinajstić information content (AvgIpc) is 2.66. The molecule has 28 heavy (non-hydrogen) atoms. The van der Waals surface area contributed by atoms with Gasteiger partial charge in [-0.1, -0.05) is 15.9 Å². The van der Waals surface area contributed by atoms with Gasteiger partial charge in [0.05, 0.1) is 0 Å². The minimum absolute atomic E-state index is 0.235. The Hall–Kier alpha value is -2.91. The van der Waals surface area contributed by atoms with Crippen molar-refractivity contribution in [1.29, 1.82) is 0 Å². The Morgan fingerprint density at radius 1 is 1.14 bits per heavy atom. The fourth-order valence-corrected chi connectivity index (χ4v) is 2.84. The van der Waals surface area contributed by atoms with Crippen molar-refractivity contribution >= 4 is 55.8 Å². The second kappa shape index (κ2) is 8.85. The fourth-order valence-electron chi connectivity index (χ4n) is 2.40. The molecule has 3 N–H and O–H groups in total. The number of amides is 1. The predicted molar refractivity (Wildman–Crippen MR) is 114 cm³/mol. The van der Waals surface area contributed by atoms with Crippen molar-refractivity contribution in [1.82, 2.24) is 10.9 Å². The molecule has 1 heterocycles. The summed E-state index contributed by atoms with van der Waals surface area (Å²) in [7, 11) is 0. The lowest BCUT2D eigenvalue weighted by molar-refractivity contribution is -0.123. The van der Waals surface area contributed by atoms with Crippen molar-refractivity contribution in [3.05, 3.63) is 69.0 Å². The number of thiocarbonyl (C=S) groups is 1. The second-order valence-corrected chi connectivity index (χ2v) is 7.15. The summed E-state index contributed by atoms with van der Waals surface area (Å²) in [5, 5.41) is 3.97. The minimum Gasteiger partial charge on any atom is -0.484 e. The van der Waals surface area contributed by atoms with Crippen LogP contribution >= 0.6 is 28.1 Å². The number of rotatable bonds is 4. The summed E-state index contributed by atoms with van der Waals surface area (Å²) in [6, 6.07) is 13.9.